The number of morpholine rings is 1. The Kier molecular flexibility index (Phi) is 5.27. The van der Waals surface area contributed by atoms with Gasteiger partial charge in [-0.05, 0) is 13.0 Å². The number of hydrogen-bond acceptors (Lipinski definition) is 6. The van der Waals surface area contributed by atoms with E-state index >= 15 is 0 Å². The van der Waals surface area contributed by atoms with Crippen LogP contribution in [0.5, 0.6) is 0 Å². The molecule has 6 rings (SSSR count). The van der Waals surface area contributed by atoms with Gasteiger partial charge in [0.05, 0.1) is 25.5 Å². The molecule has 0 spiro atoms. The van der Waals surface area contributed by atoms with Gasteiger partial charge in [-0.15, -0.1) is 5.11 Å². The summed E-state index contributed by atoms with van der Waals surface area (Å²) >= 11 is 0. The highest BCUT2D eigenvalue weighted by Crippen LogP contribution is 2.27. The van der Waals surface area contributed by atoms with E-state index in [2.05, 4.69) is 63.4 Å². The number of benzene rings is 2. The van der Waals surface area contributed by atoms with E-state index in [1.807, 2.05) is 35.0 Å². The summed E-state index contributed by atoms with van der Waals surface area (Å²) in [6.07, 6.45) is 1.99. The number of anilines is 1. The number of rotatable bonds is 5. The van der Waals surface area contributed by atoms with Gasteiger partial charge in [-0.3, -0.25) is 0 Å². The number of fused-ring (bicyclic) bond motifs is 2. The third kappa shape index (κ3) is 3.92. The number of hydrogen-bond donors (Lipinski definition) is 1. The Hall–Kier alpha value is -4.04. The monoisotopic (exact) mass is 451 g/mol. The Bertz CT molecular complexity index is 1480. The van der Waals surface area contributed by atoms with Gasteiger partial charge in [-0.1, -0.05) is 48.0 Å². The van der Waals surface area contributed by atoms with Gasteiger partial charge in [0.2, 0.25) is 0 Å². The van der Waals surface area contributed by atoms with Crippen LogP contribution in [-0.2, 0) is 11.3 Å². The number of H-pyrrole nitrogens is 1. The molecule has 5 aromatic rings. The number of aromatic nitrogens is 4. The summed E-state index contributed by atoms with van der Waals surface area (Å²) in [6.45, 7) is 5.53. The van der Waals surface area contributed by atoms with Gasteiger partial charge in [0.15, 0.2) is 11.5 Å². The molecule has 1 saturated heterocycles. The van der Waals surface area contributed by atoms with Crippen LogP contribution in [0.2, 0.25) is 0 Å². The average molecular weight is 452 g/mol. The molecular weight excluding hydrogens is 426 g/mol. The summed E-state index contributed by atoms with van der Waals surface area (Å²) in [7, 11) is 0. The minimum Gasteiger partial charge on any atom is -0.378 e. The molecule has 170 valence electrons. The topological polar surface area (TPSA) is 83.2 Å². The van der Waals surface area contributed by atoms with Gasteiger partial charge in [0.25, 0.3) is 0 Å². The number of ether oxygens (including phenoxy) is 1. The molecule has 8 nitrogen and oxygen atoms in total. The van der Waals surface area contributed by atoms with E-state index in [9.17, 15) is 0 Å². The van der Waals surface area contributed by atoms with Crippen molar-refractivity contribution < 1.29 is 4.74 Å². The van der Waals surface area contributed by atoms with Crippen molar-refractivity contribution in [3.63, 3.8) is 0 Å². The first-order valence-corrected chi connectivity index (χ1v) is 11.5. The maximum absolute atomic E-state index is 5.56. The Labute approximate surface area is 196 Å². The fourth-order valence-electron chi connectivity index (χ4n) is 4.33. The summed E-state index contributed by atoms with van der Waals surface area (Å²) < 4.78 is 7.46. The van der Waals surface area contributed by atoms with E-state index in [0.29, 0.717) is 25.6 Å². The van der Waals surface area contributed by atoms with Gasteiger partial charge in [-0.2, -0.15) is 14.7 Å². The van der Waals surface area contributed by atoms with Gasteiger partial charge >= 0.3 is 0 Å². The van der Waals surface area contributed by atoms with E-state index in [1.165, 1.54) is 5.56 Å². The largest absolute Gasteiger partial charge is 0.378 e. The molecule has 2 aromatic carbocycles. The summed E-state index contributed by atoms with van der Waals surface area (Å²) in [6, 6.07) is 20.6. The predicted molar refractivity (Wildman–Crippen MR) is 133 cm³/mol. The Balaban J connectivity index is 1.36. The van der Waals surface area contributed by atoms with Crippen LogP contribution in [0.25, 0.3) is 27.8 Å². The van der Waals surface area contributed by atoms with Gasteiger partial charge < -0.3 is 14.6 Å². The number of aromatic amines is 1. The minimum atomic E-state index is 0.484. The second kappa shape index (κ2) is 8.72. The second-order valence-electron chi connectivity index (χ2n) is 8.50. The van der Waals surface area contributed by atoms with Crippen LogP contribution in [0.3, 0.4) is 0 Å². The van der Waals surface area contributed by atoms with E-state index in [-0.39, 0.29) is 0 Å². The van der Waals surface area contributed by atoms with Crippen LogP contribution >= 0.6 is 0 Å². The molecule has 1 aliphatic heterocycles. The molecule has 0 atom stereocenters. The number of aryl methyl sites for hydroxylation is 1. The molecule has 1 aliphatic rings. The number of azo groups is 1. The highest BCUT2D eigenvalue weighted by atomic mass is 16.5. The zero-order chi connectivity index (χ0) is 22.9. The lowest BCUT2D eigenvalue weighted by molar-refractivity contribution is 0.122. The number of nitrogens with zero attached hydrogens (tertiary/aromatic N) is 6. The highest BCUT2D eigenvalue weighted by molar-refractivity contribution is 5.83. The van der Waals surface area contributed by atoms with Crippen LogP contribution in [0.4, 0.5) is 11.6 Å². The van der Waals surface area contributed by atoms with Crippen molar-refractivity contribution in [1.82, 2.24) is 19.6 Å². The van der Waals surface area contributed by atoms with Crippen molar-refractivity contribution in [3.8, 4) is 11.3 Å². The molecule has 4 heterocycles. The Morgan fingerprint density at radius 1 is 1.03 bits per heavy atom. The molecule has 1 fully saturated rings. The molecule has 8 heteroatoms. The Morgan fingerprint density at radius 2 is 1.85 bits per heavy atom. The van der Waals surface area contributed by atoms with Crippen molar-refractivity contribution in [2.45, 2.75) is 13.5 Å². The predicted octanol–water partition coefficient (Wildman–Crippen LogP) is 5.31. The van der Waals surface area contributed by atoms with Gasteiger partial charge in [0, 0.05) is 53.4 Å². The van der Waals surface area contributed by atoms with Gasteiger partial charge in [0.1, 0.15) is 5.82 Å². The molecule has 0 saturated carbocycles. The number of nitrogens with one attached hydrogen (secondary N) is 1. The lowest BCUT2D eigenvalue weighted by Gasteiger charge is -2.28. The molecule has 34 heavy (non-hydrogen) atoms. The summed E-state index contributed by atoms with van der Waals surface area (Å²) in [5.41, 5.74) is 6.13. The van der Waals surface area contributed by atoms with E-state index in [4.69, 9.17) is 14.8 Å². The fourth-order valence-corrected chi connectivity index (χ4v) is 4.33. The molecule has 0 unspecified atom stereocenters. The summed E-state index contributed by atoms with van der Waals surface area (Å²) in [5, 5.41) is 15.0. The summed E-state index contributed by atoms with van der Waals surface area (Å²) in [5.74, 6) is 1.52. The maximum Gasteiger partial charge on any atom is 0.179 e. The fraction of sp³-hybridized carbons (Fsp3) is 0.231. The molecule has 0 bridgehead atoms. The lowest BCUT2D eigenvalue weighted by Crippen LogP contribution is -2.37. The first kappa shape index (κ1) is 20.6. The van der Waals surface area contributed by atoms with Crippen molar-refractivity contribution in [2.75, 3.05) is 31.2 Å². The SMILES string of the molecule is Cc1ccc(-c2cc3nc(N=NCc4c[nH]c5ccccc45)cc(N4CCOCC4)n3n2)cc1. The van der Waals surface area contributed by atoms with E-state index in [0.717, 1.165) is 52.3 Å². The van der Waals surface area contributed by atoms with Crippen LogP contribution in [0, 0.1) is 6.92 Å². The van der Waals surface area contributed by atoms with Crippen molar-refractivity contribution in [1.29, 1.82) is 0 Å². The van der Waals surface area contributed by atoms with Crippen LogP contribution in [-0.4, -0.2) is 45.9 Å². The molecule has 1 N–H and O–H groups in total. The molecule has 0 radical (unpaired) electrons. The minimum absolute atomic E-state index is 0.484. The standard InChI is InChI=1S/C26H25N7O/c1-18-6-8-19(9-7-18)23-14-25-29-24(15-26(33(25)31-23)32-10-12-34-13-11-32)30-28-17-20-16-27-22-5-3-2-4-21(20)22/h2-9,14-16,27H,10-13,17H2,1H3. The second-order valence-corrected chi connectivity index (χ2v) is 8.50. The first-order valence-electron chi connectivity index (χ1n) is 11.5. The van der Waals surface area contributed by atoms with Crippen LogP contribution in [0.15, 0.2) is 77.1 Å². The van der Waals surface area contributed by atoms with Crippen LogP contribution in [0.1, 0.15) is 11.1 Å². The van der Waals surface area contributed by atoms with E-state index < -0.39 is 0 Å². The van der Waals surface area contributed by atoms with Crippen molar-refractivity contribution >= 4 is 28.2 Å². The zero-order valence-corrected chi connectivity index (χ0v) is 19.0. The van der Waals surface area contributed by atoms with Crippen molar-refractivity contribution in [3.05, 3.63) is 78.0 Å². The quantitative estimate of drug-likeness (QED) is 0.367. The zero-order valence-electron chi connectivity index (χ0n) is 19.0. The third-order valence-corrected chi connectivity index (χ3v) is 6.17. The molecular formula is C26H25N7O. The average Bonchev–Trinajstić information content (AvgIpc) is 3.49. The maximum atomic E-state index is 5.56. The molecule has 3 aromatic heterocycles. The number of para-hydroxylation sites is 1. The van der Waals surface area contributed by atoms with Crippen LogP contribution < -0.4 is 4.90 Å². The van der Waals surface area contributed by atoms with Gasteiger partial charge in [-0.25, -0.2) is 4.98 Å². The smallest absolute Gasteiger partial charge is 0.179 e. The van der Waals surface area contributed by atoms with Crippen molar-refractivity contribution in [2.24, 2.45) is 10.2 Å². The highest BCUT2D eigenvalue weighted by Gasteiger charge is 2.18. The molecule has 0 amide bonds. The first-order chi connectivity index (χ1) is 16.7. The molecule has 0 aliphatic carbocycles. The van der Waals surface area contributed by atoms with E-state index in [1.54, 1.807) is 0 Å². The Morgan fingerprint density at radius 3 is 2.71 bits per heavy atom. The normalized spacial score (nSPS) is 14.6. The lowest BCUT2D eigenvalue weighted by atomic mass is 10.1. The summed E-state index contributed by atoms with van der Waals surface area (Å²) in [4.78, 5) is 10.3. The third-order valence-electron chi connectivity index (χ3n) is 6.17.